The van der Waals surface area contributed by atoms with Crippen molar-refractivity contribution < 1.29 is 27.9 Å². The average molecular weight is 290 g/mol. The monoisotopic (exact) mass is 290 g/mol. The number of carbonyl (C=O) groups excluding carboxylic acids is 1. The number of aromatic amines is 1. The summed E-state index contributed by atoms with van der Waals surface area (Å²) in [5, 5.41) is 8.70. The van der Waals surface area contributed by atoms with Crippen molar-refractivity contribution in [2.45, 2.75) is 11.8 Å². The third kappa shape index (κ3) is 3.55. The number of likely N-dealkylation sites (N-methyl/N-ethyl adjacent to an activating group) is 1. The molecule has 1 rings (SSSR count). The lowest BCUT2D eigenvalue weighted by Crippen LogP contribution is -2.32. The molecule has 106 valence electrons. The molecule has 0 unspecified atom stereocenters. The number of hydrogen-bond donors (Lipinski definition) is 2. The van der Waals surface area contributed by atoms with Crippen LogP contribution in [0.3, 0.4) is 0 Å². The molecular formula is C10H14N2O6S. The van der Waals surface area contributed by atoms with Crippen molar-refractivity contribution in [2.75, 3.05) is 20.2 Å². The van der Waals surface area contributed by atoms with Crippen LogP contribution in [-0.2, 0) is 19.6 Å². The molecule has 8 nitrogen and oxygen atoms in total. The van der Waals surface area contributed by atoms with Crippen molar-refractivity contribution in [1.82, 2.24) is 9.29 Å². The van der Waals surface area contributed by atoms with Crippen LogP contribution in [-0.4, -0.2) is 55.0 Å². The second-order valence-electron chi connectivity index (χ2n) is 3.62. The van der Waals surface area contributed by atoms with Crippen LogP contribution in [0, 0.1) is 0 Å². The van der Waals surface area contributed by atoms with E-state index in [1.165, 1.54) is 7.05 Å². The number of sulfonamides is 1. The maximum absolute atomic E-state index is 12.0. The number of nitrogens with one attached hydrogen (secondary N) is 1. The molecule has 1 aromatic rings. The lowest BCUT2D eigenvalue weighted by molar-refractivity contribution is -0.143. The van der Waals surface area contributed by atoms with E-state index in [9.17, 15) is 18.0 Å². The van der Waals surface area contributed by atoms with Crippen LogP contribution in [0.5, 0.6) is 0 Å². The number of carboxylic acid groups (broad SMARTS) is 1. The third-order valence-electron chi connectivity index (χ3n) is 2.25. The van der Waals surface area contributed by atoms with Crippen LogP contribution in [0.2, 0.25) is 0 Å². The molecule has 1 aromatic heterocycles. The van der Waals surface area contributed by atoms with E-state index in [-0.39, 0.29) is 17.2 Å². The summed E-state index contributed by atoms with van der Waals surface area (Å²) in [4.78, 5) is 24.0. The minimum atomic E-state index is -3.93. The van der Waals surface area contributed by atoms with Crippen LogP contribution in [0.15, 0.2) is 17.2 Å². The van der Waals surface area contributed by atoms with Gasteiger partial charge in [0, 0.05) is 13.2 Å². The topological polar surface area (TPSA) is 117 Å². The maximum atomic E-state index is 12.0. The van der Waals surface area contributed by atoms with E-state index in [4.69, 9.17) is 5.11 Å². The molecule has 0 aromatic carbocycles. The van der Waals surface area contributed by atoms with E-state index < -0.39 is 28.5 Å². The van der Waals surface area contributed by atoms with Gasteiger partial charge in [-0.15, -0.1) is 0 Å². The summed E-state index contributed by atoms with van der Waals surface area (Å²) >= 11 is 0. The van der Waals surface area contributed by atoms with Crippen molar-refractivity contribution in [3.8, 4) is 0 Å². The number of rotatable bonds is 6. The summed E-state index contributed by atoms with van der Waals surface area (Å²) in [6, 6.07) is 0.985. The van der Waals surface area contributed by atoms with Gasteiger partial charge in [0.1, 0.15) is 17.1 Å². The molecule has 0 radical (unpaired) electrons. The number of hydrogen-bond acceptors (Lipinski definition) is 5. The predicted molar refractivity (Wildman–Crippen MR) is 64.2 cm³/mol. The summed E-state index contributed by atoms with van der Waals surface area (Å²) in [7, 11) is -2.72. The molecule has 9 heteroatoms. The molecule has 0 amide bonds. The van der Waals surface area contributed by atoms with E-state index in [1.54, 1.807) is 6.92 Å². The Labute approximate surface area is 110 Å². The second kappa shape index (κ2) is 5.85. The Morgan fingerprint density at radius 2 is 2.11 bits per heavy atom. The number of carbonyl (C=O) groups is 2. The molecule has 0 aliphatic heterocycles. The Kier molecular flexibility index (Phi) is 4.67. The zero-order valence-corrected chi connectivity index (χ0v) is 11.2. The van der Waals surface area contributed by atoms with Gasteiger partial charge < -0.3 is 14.8 Å². The minimum absolute atomic E-state index is 0.153. The molecule has 19 heavy (non-hydrogen) atoms. The van der Waals surface area contributed by atoms with Gasteiger partial charge in [-0.2, -0.15) is 4.31 Å². The number of esters is 1. The molecule has 0 bridgehead atoms. The molecule has 2 N–H and O–H groups in total. The molecule has 0 saturated heterocycles. The number of ether oxygens (including phenoxy) is 1. The fourth-order valence-corrected chi connectivity index (χ4v) is 2.41. The molecular weight excluding hydrogens is 276 g/mol. The Hall–Kier alpha value is -1.87. The number of aromatic nitrogens is 1. The van der Waals surface area contributed by atoms with Crippen molar-refractivity contribution in [3.63, 3.8) is 0 Å². The Morgan fingerprint density at radius 3 is 2.58 bits per heavy atom. The minimum Gasteiger partial charge on any atom is -0.477 e. The highest BCUT2D eigenvalue weighted by Gasteiger charge is 2.25. The lowest BCUT2D eigenvalue weighted by atomic mass is 10.4. The third-order valence-corrected chi connectivity index (χ3v) is 4.03. The summed E-state index contributed by atoms with van der Waals surface area (Å²) in [6.07, 6.45) is 1.06. The van der Waals surface area contributed by atoms with E-state index in [1.807, 2.05) is 0 Å². The Balaban J connectivity index is 2.90. The van der Waals surface area contributed by atoms with Crippen LogP contribution < -0.4 is 0 Å². The normalized spacial score (nSPS) is 11.5. The van der Waals surface area contributed by atoms with Gasteiger partial charge in [-0.1, -0.05) is 0 Å². The quantitative estimate of drug-likeness (QED) is 0.706. The summed E-state index contributed by atoms with van der Waals surface area (Å²) in [5.41, 5.74) is -0.247. The molecule has 0 fully saturated rings. The largest absolute Gasteiger partial charge is 0.477 e. The van der Waals surface area contributed by atoms with Gasteiger partial charge in [0.15, 0.2) is 0 Å². The van der Waals surface area contributed by atoms with Gasteiger partial charge in [0.25, 0.3) is 0 Å². The van der Waals surface area contributed by atoms with E-state index in [0.29, 0.717) is 0 Å². The molecule has 1 heterocycles. The number of carboxylic acids is 1. The van der Waals surface area contributed by atoms with Gasteiger partial charge >= 0.3 is 11.9 Å². The number of aromatic carboxylic acids is 1. The Bertz CT molecular complexity index is 577. The van der Waals surface area contributed by atoms with Gasteiger partial charge in [0.05, 0.1) is 6.61 Å². The van der Waals surface area contributed by atoms with Gasteiger partial charge in [0.2, 0.25) is 10.0 Å². The summed E-state index contributed by atoms with van der Waals surface area (Å²) in [5.74, 6) is -1.95. The smallest absolute Gasteiger partial charge is 0.352 e. The first-order valence-electron chi connectivity index (χ1n) is 5.32. The first-order valence-corrected chi connectivity index (χ1v) is 6.76. The lowest BCUT2D eigenvalue weighted by Gasteiger charge is -2.14. The van der Waals surface area contributed by atoms with E-state index >= 15 is 0 Å². The SMILES string of the molecule is CCOC(=O)CN(C)S(=O)(=O)c1c[nH]c(C(=O)O)c1. The van der Waals surface area contributed by atoms with Crippen LogP contribution in [0.25, 0.3) is 0 Å². The number of H-pyrrole nitrogens is 1. The fraction of sp³-hybridized carbons (Fsp3) is 0.400. The zero-order valence-electron chi connectivity index (χ0n) is 10.4. The zero-order chi connectivity index (χ0) is 14.6. The predicted octanol–water partition coefficient (Wildman–Crippen LogP) is -0.103. The highest BCUT2D eigenvalue weighted by atomic mass is 32.2. The van der Waals surface area contributed by atoms with Crippen molar-refractivity contribution >= 4 is 22.0 Å². The highest BCUT2D eigenvalue weighted by molar-refractivity contribution is 7.89. The maximum Gasteiger partial charge on any atom is 0.352 e. The van der Waals surface area contributed by atoms with E-state index in [2.05, 4.69) is 9.72 Å². The average Bonchev–Trinajstić information content (AvgIpc) is 2.78. The highest BCUT2D eigenvalue weighted by Crippen LogP contribution is 2.15. The van der Waals surface area contributed by atoms with Crippen LogP contribution in [0.1, 0.15) is 17.4 Å². The molecule has 0 saturated carbocycles. The van der Waals surface area contributed by atoms with Gasteiger partial charge in [-0.05, 0) is 13.0 Å². The fourth-order valence-electron chi connectivity index (χ4n) is 1.30. The summed E-state index contributed by atoms with van der Waals surface area (Å²) in [6.45, 7) is 1.32. The summed E-state index contributed by atoms with van der Waals surface area (Å²) < 4.78 is 29.5. The first-order chi connectivity index (χ1) is 8.78. The van der Waals surface area contributed by atoms with E-state index in [0.717, 1.165) is 16.6 Å². The number of nitrogens with zero attached hydrogens (tertiary/aromatic N) is 1. The van der Waals surface area contributed by atoms with Crippen molar-refractivity contribution in [2.24, 2.45) is 0 Å². The van der Waals surface area contributed by atoms with Crippen LogP contribution in [0.4, 0.5) is 0 Å². The van der Waals surface area contributed by atoms with Gasteiger partial charge in [-0.3, -0.25) is 4.79 Å². The van der Waals surface area contributed by atoms with Crippen molar-refractivity contribution in [3.05, 3.63) is 18.0 Å². The molecule has 0 atom stereocenters. The molecule has 0 aliphatic carbocycles. The Morgan fingerprint density at radius 1 is 1.47 bits per heavy atom. The standard InChI is InChI=1S/C10H14N2O6S/c1-3-18-9(13)6-12(2)19(16,17)7-4-8(10(14)15)11-5-7/h4-5,11H,3,6H2,1-2H3,(H,14,15). The van der Waals surface area contributed by atoms with Crippen LogP contribution >= 0.6 is 0 Å². The second-order valence-corrected chi connectivity index (χ2v) is 5.67. The molecule has 0 spiro atoms. The van der Waals surface area contributed by atoms with Gasteiger partial charge in [-0.25, -0.2) is 13.2 Å². The van der Waals surface area contributed by atoms with Crippen molar-refractivity contribution in [1.29, 1.82) is 0 Å². The molecule has 0 aliphatic rings. The first kappa shape index (κ1) is 15.2.